The molecule has 1 saturated heterocycles. The molecule has 0 aromatic rings. The third-order valence-corrected chi connectivity index (χ3v) is 3.08. The maximum atomic E-state index is 5.26. The molecule has 2 atom stereocenters. The second kappa shape index (κ2) is 5.66. The number of hydrogen-bond acceptors (Lipinski definition) is 2. The number of hydrogen-bond donors (Lipinski definition) is 2. The van der Waals surface area contributed by atoms with Crippen LogP contribution < -0.4 is 10.6 Å². The fourth-order valence-corrected chi connectivity index (χ4v) is 2.43. The van der Waals surface area contributed by atoms with Crippen molar-refractivity contribution < 1.29 is 0 Å². The number of nitrogens with zero attached hydrogens (tertiary/aromatic N) is 1. The van der Waals surface area contributed by atoms with E-state index in [0.29, 0.717) is 18.0 Å². The maximum Gasteiger partial charge on any atom is 0.166 e. The first-order chi connectivity index (χ1) is 6.99. The van der Waals surface area contributed by atoms with E-state index in [2.05, 4.69) is 43.4 Å². The molecule has 2 N–H and O–H groups in total. The van der Waals surface area contributed by atoms with Crippen molar-refractivity contribution in [1.82, 2.24) is 15.5 Å². The van der Waals surface area contributed by atoms with Crippen molar-refractivity contribution in [2.24, 2.45) is 5.92 Å². The summed E-state index contributed by atoms with van der Waals surface area (Å²) in [6.45, 7) is 8.80. The summed E-state index contributed by atoms with van der Waals surface area (Å²) < 4.78 is 0. The Labute approximate surface area is 98.6 Å². The number of rotatable bonds is 2. The molecule has 1 fully saturated rings. The average Bonchev–Trinajstić information content (AvgIpc) is 2.08. The summed E-state index contributed by atoms with van der Waals surface area (Å²) in [6.07, 6.45) is 1.18. The van der Waals surface area contributed by atoms with E-state index in [9.17, 15) is 0 Å². The van der Waals surface area contributed by atoms with Crippen LogP contribution in [-0.2, 0) is 0 Å². The first-order valence-electron chi connectivity index (χ1n) is 5.74. The van der Waals surface area contributed by atoms with E-state index >= 15 is 0 Å². The van der Waals surface area contributed by atoms with E-state index in [-0.39, 0.29) is 0 Å². The van der Waals surface area contributed by atoms with Crippen LogP contribution in [0.5, 0.6) is 0 Å². The Balaban J connectivity index is 2.34. The van der Waals surface area contributed by atoms with Gasteiger partial charge in [0.05, 0.1) is 0 Å². The second-order valence-corrected chi connectivity index (χ2v) is 5.32. The summed E-state index contributed by atoms with van der Waals surface area (Å²) in [5.74, 6) is 0.663. The molecule has 1 rings (SSSR count). The summed E-state index contributed by atoms with van der Waals surface area (Å²) in [7, 11) is 2.18. The third kappa shape index (κ3) is 4.34. The zero-order chi connectivity index (χ0) is 11.4. The van der Waals surface area contributed by atoms with Gasteiger partial charge in [0.1, 0.15) is 0 Å². The zero-order valence-corrected chi connectivity index (χ0v) is 11.0. The molecule has 0 spiro atoms. The van der Waals surface area contributed by atoms with Gasteiger partial charge in [0, 0.05) is 18.6 Å². The highest BCUT2D eigenvalue weighted by Gasteiger charge is 2.24. The molecule has 0 aliphatic carbocycles. The monoisotopic (exact) mass is 229 g/mol. The molecule has 2 unspecified atom stereocenters. The van der Waals surface area contributed by atoms with Crippen LogP contribution in [0.15, 0.2) is 0 Å². The molecule has 0 aromatic heterocycles. The van der Waals surface area contributed by atoms with E-state index in [1.165, 1.54) is 6.42 Å². The SMILES string of the molecule is CC(C)NC(=S)NC1CCN(C)CC1C. The molecule has 15 heavy (non-hydrogen) atoms. The maximum absolute atomic E-state index is 5.26. The second-order valence-electron chi connectivity index (χ2n) is 4.91. The van der Waals surface area contributed by atoms with Crippen LogP contribution >= 0.6 is 12.2 Å². The lowest BCUT2D eigenvalue weighted by Gasteiger charge is -2.36. The van der Waals surface area contributed by atoms with Crippen molar-refractivity contribution in [3.63, 3.8) is 0 Å². The normalized spacial score (nSPS) is 27.8. The van der Waals surface area contributed by atoms with Gasteiger partial charge in [0.25, 0.3) is 0 Å². The number of piperidine rings is 1. The van der Waals surface area contributed by atoms with Gasteiger partial charge in [-0.2, -0.15) is 0 Å². The van der Waals surface area contributed by atoms with Gasteiger partial charge >= 0.3 is 0 Å². The molecule has 0 aromatic carbocycles. The standard InChI is InChI=1S/C11H23N3S/c1-8(2)12-11(15)13-10-5-6-14(4)7-9(10)3/h8-10H,5-7H2,1-4H3,(H2,12,13,15). The molecule has 4 heteroatoms. The first-order valence-corrected chi connectivity index (χ1v) is 6.15. The number of thiocarbonyl (C=S) groups is 1. The Morgan fingerprint density at radius 2 is 2.13 bits per heavy atom. The van der Waals surface area contributed by atoms with Crippen molar-refractivity contribution in [1.29, 1.82) is 0 Å². The van der Waals surface area contributed by atoms with Crippen molar-refractivity contribution in [3.05, 3.63) is 0 Å². The van der Waals surface area contributed by atoms with Crippen molar-refractivity contribution in [3.8, 4) is 0 Å². The van der Waals surface area contributed by atoms with E-state index in [0.717, 1.165) is 18.2 Å². The van der Waals surface area contributed by atoms with Gasteiger partial charge in [-0.05, 0) is 52.0 Å². The largest absolute Gasteiger partial charge is 0.361 e. The predicted molar refractivity (Wildman–Crippen MR) is 69.1 cm³/mol. The summed E-state index contributed by atoms with van der Waals surface area (Å²) >= 11 is 5.26. The Morgan fingerprint density at radius 1 is 1.47 bits per heavy atom. The average molecular weight is 229 g/mol. The molecule has 1 aliphatic heterocycles. The molecule has 0 amide bonds. The lowest BCUT2D eigenvalue weighted by Crippen LogP contribution is -2.52. The minimum Gasteiger partial charge on any atom is -0.361 e. The molecule has 0 saturated carbocycles. The number of likely N-dealkylation sites (tertiary alicyclic amines) is 1. The molecular formula is C11H23N3S. The van der Waals surface area contributed by atoms with Crippen LogP contribution in [0.1, 0.15) is 27.2 Å². The highest BCUT2D eigenvalue weighted by Crippen LogP contribution is 2.15. The molecule has 88 valence electrons. The third-order valence-electron chi connectivity index (χ3n) is 2.84. The molecule has 0 bridgehead atoms. The quantitative estimate of drug-likeness (QED) is 0.696. The van der Waals surface area contributed by atoms with Gasteiger partial charge in [-0.3, -0.25) is 0 Å². The van der Waals surface area contributed by atoms with Gasteiger partial charge in [-0.15, -0.1) is 0 Å². The van der Waals surface area contributed by atoms with Gasteiger partial charge in [0.15, 0.2) is 5.11 Å². The van der Waals surface area contributed by atoms with E-state index in [1.807, 2.05) is 0 Å². The van der Waals surface area contributed by atoms with Crippen LogP contribution in [0.25, 0.3) is 0 Å². The summed E-state index contributed by atoms with van der Waals surface area (Å²) in [4.78, 5) is 2.38. The lowest BCUT2D eigenvalue weighted by atomic mass is 9.94. The van der Waals surface area contributed by atoms with Gasteiger partial charge in [0.2, 0.25) is 0 Å². The molecule has 1 aliphatic rings. The summed E-state index contributed by atoms with van der Waals surface area (Å²) in [6, 6.07) is 0.937. The summed E-state index contributed by atoms with van der Waals surface area (Å²) in [5.41, 5.74) is 0. The fourth-order valence-electron chi connectivity index (χ4n) is 2.04. The van der Waals surface area contributed by atoms with Gasteiger partial charge in [-0.1, -0.05) is 6.92 Å². The Hall–Kier alpha value is -0.350. The highest BCUT2D eigenvalue weighted by molar-refractivity contribution is 7.80. The van der Waals surface area contributed by atoms with Crippen LogP contribution in [0.2, 0.25) is 0 Å². The Bertz CT molecular complexity index is 218. The van der Waals surface area contributed by atoms with E-state index in [1.54, 1.807) is 0 Å². The van der Waals surface area contributed by atoms with Crippen LogP contribution in [0.3, 0.4) is 0 Å². The van der Waals surface area contributed by atoms with Crippen molar-refractivity contribution in [2.75, 3.05) is 20.1 Å². The predicted octanol–water partition coefficient (Wildman–Crippen LogP) is 1.20. The van der Waals surface area contributed by atoms with Crippen LogP contribution in [0, 0.1) is 5.92 Å². The number of nitrogens with one attached hydrogen (secondary N) is 2. The highest BCUT2D eigenvalue weighted by atomic mass is 32.1. The van der Waals surface area contributed by atoms with Gasteiger partial charge in [-0.25, -0.2) is 0 Å². The fraction of sp³-hybridized carbons (Fsp3) is 0.909. The minimum absolute atomic E-state index is 0.409. The molecule has 1 heterocycles. The van der Waals surface area contributed by atoms with Gasteiger partial charge < -0.3 is 15.5 Å². The lowest BCUT2D eigenvalue weighted by molar-refractivity contribution is 0.187. The Morgan fingerprint density at radius 3 is 2.67 bits per heavy atom. The molecular weight excluding hydrogens is 206 g/mol. The zero-order valence-electron chi connectivity index (χ0n) is 10.2. The molecule has 0 radical (unpaired) electrons. The minimum atomic E-state index is 0.409. The van der Waals surface area contributed by atoms with Crippen LogP contribution in [0.4, 0.5) is 0 Å². The smallest absolute Gasteiger partial charge is 0.166 e. The van der Waals surface area contributed by atoms with Crippen LogP contribution in [-0.4, -0.2) is 42.2 Å². The summed E-state index contributed by atoms with van der Waals surface area (Å²) in [5, 5.41) is 7.44. The van der Waals surface area contributed by atoms with Crippen molar-refractivity contribution >= 4 is 17.3 Å². The topological polar surface area (TPSA) is 27.3 Å². The Kier molecular flexibility index (Phi) is 4.80. The van der Waals surface area contributed by atoms with E-state index in [4.69, 9.17) is 12.2 Å². The first kappa shape index (κ1) is 12.7. The van der Waals surface area contributed by atoms with Crippen molar-refractivity contribution in [2.45, 2.75) is 39.3 Å². The molecule has 3 nitrogen and oxygen atoms in total. The van der Waals surface area contributed by atoms with E-state index < -0.39 is 0 Å².